The van der Waals surface area contributed by atoms with Gasteiger partial charge in [-0.05, 0) is 12.0 Å². The van der Waals surface area contributed by atoms with Crippen molar-refractivity contribution in [1.29, 1.82) is 0 Å². The smallest absolute Gasteiger partial charge is 0.0963 e. The van der Waals surface area contributed by atoms with Gasteiger partial charge in [0.05, 0.1) is 6.67 Å². The number of benzene rings is 1. The third kappa shape index (κ3) is 2.81. The molecule has 1 rings (SSSR count). The molecule has 0 bridgehead atoms. The zero-order valence-corrected chi connectivity index (χ0v) is 7.96. The molecule has 0 heterocycles. The molecule has 0 aliphatic heterocycles. The van der Waals surface area contributed by atoms with E-state index in [1.165, 1.54) is 0 Å². The van der Waals surface area contributed by atoms with E-state index >= 15 is 0 Å². The van der Waals surface area contributed by atoms with Crippen LogP contribution in [0.15, 0.2) is 30.3 Å². The first-order valence-electron chi connectivity index (χ1n) is 4.50. The molecule has 0 spiro atoms. The summed E-state index contributed by atoms with van der Waals surface area (Å²) < 4.78 is 12.6. The molecule has 0 saturated carbocycles. The molecule has 0 amide bonds. The van der Waals surface area contributed by atoms with Gasteiger partial charge in [0.25, 0.3) is 0 Å². The standard InChI is InChI=1S/C11H16FN/c1-11(8-12,9-13)7-10-5-3-2-4-6-10/h2-6H,7-9,13H2,1H3. The highest BCUT2D eigenvalue weighted by Gasteiger charge is 2.22. The molecule has 2 N–H and O–H groups in total. The van der Waals surface area contributed by atoms with Crippen molar-refractivity contribution in [3.63, 3.8) is 0 Å². The van der Waals surface area contributed by atoms with Crippen molar-refractivity contribution >= 4 is 0 Å². The number of rotatable bonds is 4. The van der Waals surface area contributed by atoms with Crippen LogP contribution in [-0.2, 0) is 6.42 Å². The van der Waals surface area contributed by atoms with Gasteiger partial charge in [0.1, 0.15) is 0 Å². The van der Waals surface area contributed by atoms with Gasteiger partial charge in [-0.3, -0.25) is 4.39 Å². The quantitative estimate of drug-likeness (QED) is 0.756. The average Bonchev–Trinajstić information content (AvgIpc) is 2.19. The van der Waals surface area contributed by atoms with Crippen LogP contribution in [-0.4, -0.2) is 13.2 Å². The van der Waals surface area contributed by atoms with Crippen molar-refractivity contribution in [3.8, 4) is 0 Å². The molecule has 0 aliphatic carbocycles. The fourth-order valence-corrected chi connectivity index (χ4v) is 1.26. The third-order valence-electron chi connectivity index (χ3n) is 2.29. The Hall–Kier alpha value is -0.890. The van der Waals surface area contributed by atoms with Crippen molar-refractivity contribution in [2.75, 3.05) is 13.2 Å². The van der Waals surface area contributed by atoms with E-state index in [0.29, 0.717) is 13.0 Å². The molecule has 1 aromatic rings. The Morgan fingerprint density at radius 1 is 1.31 bits per heavy atom. The van der Waals surface area contributed by atoms with E-state index in [9.17, 15) is 4.39 Å². The lowest BCUT2D eigenvalue weighted by Crippen LogP contribution is -2.31. The SMILES string of the molecule is CC(CN)(CF)Cc1ccccc1. The van der Waals surface area contributed by atoms with Crippen LogP contribution in [0.25, 0.3) is 0 Å². The lowest BCUT2D eigenvalue weighted by atomic mass is 9.85. The van der Waals surface area contributed by atoms with Crippen molar-refractivity contribution in [3.05, 3.63) is 35.9 Å². The van der Waals surface area contributed by atoms with Gasteiger partial charge in [0.2, 0.25) is 0 Å². The maximum atomic E-state index is 12.6. The molecule has 1 aromatic carbocycles. The lowest BCUT2D eigenvalue weighted by Gasteiger charge is -2.23. The minimum absolute atomic E-state index is 0.363. The van der Waals surface area contributed by atoms with Gasteiger partial charge < -0.3 is 5.73 Å². The van der Waals surface area contributed by atoms with E-state index in [1.54, 1.807) is 0 Å². The Morgan fingerprint density at radius 3 is 2.38 bits per heavy atom. The van der Waals surface area contributed by atoms with Crippen molar-refractivity contribution < 1.29 is 4.39 Å². The second kappa shape index (κ2) is 4.38. The Morgan fingerprint density at radius 2 is 1.92 bits per heavy atom. The average molecular weight is 181 g/mol. The Bertz CT molecular complexity index is 242. The second-order valence-electron chi connectivity index (χ2n) is 3.81. The van der Waals surface area contributed by atoms with Crippen LogP contribution >= 0.6 is 0 Å². The predicted molar refractivity (Wildman–Crippen MR) is 53.3 cm³/mol. The molecule has 0 aliphatic rings. The monoisotopic (exact) mass is 181 g/mol. The summed E-state index contributed by atoms with van der Waals surface area (Å²) in [6.07, 6.45) is 0.709. The summed E-state index contributed by atoms with van der Waals surface area (Å²) in [4.78, 5) is 0. The molecule has 13 heavy (non-hydrogen) atoms. The molecular weight excluding hydrogens is 165 g/mol. The molecule has 1 nitrogen and oxygen atoms in total. The molecule has 0 saturated heterocycles. The second-order valence-corrected chi connectivity index (χ2v) is 3.81. The van der Waals surface area contributed by atoms with Crippen molar-refractivity contribution in [2.24, 2.45) is 11.1 Å². The van der Waals surface area contributed by atoms with E-state index < -0.39 is 5.41 Å². The van der Waals surface area contributed by atoms with Gasteiger partial charge in [-0.15, -0.1) is 0 Å². The highest BCUT2D eigenvalue weighted by atomic mass is 19.1. The number of halogens is 1. The summed E-state index contributed by atoms with van der Waals surface area (Å²) in [5, 5.41) is 0. The van der Waals surface area contributed by atoms with Gasteiger partial charge in [-0.1, -0.05) is 37.3 Å². The molecule has 0 fully saturated rings. The summed E-state index contributed by atoms with van der Waals surface area (Å²) in [7, 11) is 0. The molecule has 0 aromatic heterocycles. The summed E-state index contributed by atoms with van der Waals surface area (Å²) in [5.74, 6) is 0. The molecule has 0 radical (unpaired) electrons. The molecule has 1 unspecified atom stereocenters. The maximum Gasteiger partial charge on any atom is 0.0963 e. The highest BCUT2D eigenvalue weighted by molar-refractivity contribution is 5.16. The van der Waals surface area contributed by atoms with E-state index in [2.05, 4.69) is 0 Å². The first-order chi connectivity index (χ1) is 6.20. The topological polar surface area (TPSA) is 26.0 Å². The van der Waals surface area contributed by atoms with Crippen LogP contribution in [0.2, 0.25) is 0 Å². The lowest BCUT2D eigenvalue weighted by molar-refractivity contribution is 0.238. The first kappa shape index (κ1) is 10.2. The van der Waals surface area contributed by atoms with Gasteiger partial charge in [-0.25, -0.2) is 0 Å². The van der Waals surface area contributed by atoms with E-state index in [-0.39, 0.29) is 6.67 Å². The normalized spacial score (nSPS) is 15.3. The van der Waals surface area contributed by atoms with Gasteiger partial charge in [0, 0.05) is 12.0 Å². The van der Waals surface area contributed by atoms with Crippen molar-refractivity contribution in [1.82, 2.24) is 0 Å². The molecular formula is C11H16FN. The number of alkyl halides is 1. The van der Waals surface area contributed by atoms with Crippen LogP contribution in [0.1, 0.15) is 12.5 Å². The van der Waals surface area contributed by atoms with E-state index in [1.807, 2.05) is 37.3 Å². The van der Waals surface area contributed by atoms with Crippen LogP contribution in [0.3, 0.4) is 0 Å². The largest absolute Gasteiger partial charge is 0.330 e. The van der Waals surface area contributed by atoms with E-state index in [0.717, 1.165) is 5.56 Å². The van der Waals surface area contributed by atoms with Gasteiger partial charge in [0.15, 0.2) is 0 Å². The van der Waals surface area contributed by atoms with Crippen LogP contribution < -0.4 is 5.73 Å². The Kier molecular flexibility index (Phi) is 3.43. The number of hydrogen-bond acceptors (Lipinski definition) is 1. The Balaban J connectivity index is 2.68. The summed E-state index contributed by atoms with van der Waals surface area (Å²) in [6.45, 7) is 1.90. The Labute approximate surface area is 78.8 Å². The molecule has 1 atom stereocenters. The van der Waals surface area contributed by atoms with Crippen molar-refractivity contribution in [2.45, 2.75) is 13.3 Å². The highest BCUT2D eigenvalue weighted by Crippen LogP contribution is 2.21. The first-order valence-corrected chi connectivity index (χ1v) is 4.50. The minimum atomic E-state index is -0.401. The van der Waals surface area contributed by atoms with Crippen LogP contribution in [0.5, 0.6) is 0 Å². The predicted octanol–water partition coefficient (Wildman–Crippen LogP) is 2.16. The van der Waals surface area contributed by atoms with Gasteiger partial charge >= 0.3 is 0 Å². The number of hydrogen-bond donors (Lipinski definition) is 1. The van der Waals surface area contributed by atoms with Gasteiger partial charge in [-0.2, -0.15) is 0 Å². The maximum absolute atomic E-state index is 12.6. The minimum Gasteiger partial charge on any atom is -0.330 e. The van der Waals surface area contributed by atoms with E-state index in [4.69, 9.17) is 5.73 Å². The molecule has 72 valence electrons. The third-order valence-corrected chi connectivity index (χ3v) is 2.29. The summed E-state index contributed by atoms with van der Waals surface area (Å²) in [6, 6.07) is 9.89. The fourth-order valence-electron chi connectivity index (χ4n) is 1.26. The van der Waals surface area contributed by atoms with Crippen LogP contribution in [0, 0.1) is 5.41 Å². The zero-order chi connectivity index (χ0) is 9.73. The molecule has 2 heteroatoms. The number of nitrogens with two attached hydrogens (primary N) is 1. The zero-order valence-electron chi connectivity index (χ0n) is 7.96. The fraction of sp³-hybridized carbons (Fsp3) is 0.455. The van der Waals surface area contributed by atoms with Crippen LogP contribution in [0.4, 0.5) is 4.39 Å². The summed E-state index contributed by atoms with van der Waals surface area (Å²) >= 11 is 0. The summed E-state index contributed by atoms with van der Waals surface area (Å²) in [5.41, 5.74) is 6.27.